The summed E-state index contributed by atoms with van der Waals surface area (Å²) < 4.78 is 38.5. The molecule has 0 radical (unpaired) electrons. The van der Waals surface area contributed by atoms with Crippen molar-refractivity contribution in [1.29, 1.82) is 0 Å². The van der Waals surface area contributed by atoms with Gasteiger partial charge in [0.15, 0.2) is 0 Å². The van der Waals surface area contributed by atoms with E-state index in [2.05, 4.69) is 0 Å². The normalized spacial score (nSPS) is 18.9. The van der Waals surface area contributed by atoms with Gasteiger partial charge >= 0.3 is 6.18 Å². The zero-order valence-electron chi connectivity index (χ0n) is 13.8. The predicted octanol–water partition coefficient (Wildman–Crippen LogP) is 3.54. The summed E-state index contributed by atoms with van der Waals surface area (Å²) in [4.78, 5) is 15.5. The van der Waals surface area contributed by atoms with E-state index in [-0.39, 0.29) is 25.4 Å². The molecule has 1 aliphatic rings. The lowest BCUT2D eigenvalue weighted by Crippen LogP contribution is -2.47. The van der Waals surface area contributed by atoms with E-state index in [9.17, 15) is 18.0 Å². The van der Waals surface area contributed by atoms with Crippen molar-refractivity contribution in [1.82, 2.24) is 4.90 Å². The molecule has 0 bridgehead atoms. The standard InChI is InChI=1S/C17H23F3N2O/c1-12-6-7-15(13(2)9-12)21(3)11-16(23)22-8-4-5-14(10-22)17(18,19)20/h6-7,9,14H,4-5,8,10-11H2,1-3H3. The number of anilines is 1. The van der Waals surface area contributed by atoms with Gasteiger partial charge < -0.3 is 9.80 Å². The van der Waals surface area contributed by atoms with E-state index in [1.165, 1.54) is 4.90 Å². The number of carbonyl (C=O) groups excluding carboxylic acids is 1. The van der Waals surface area contributed by atoms with Gasteiger partial charge in [-0.15, -0.1) is 0 Å². The number of hydrogen-bond acceptors (Lipinski definition) is 2. The molecule has 6 heteroatoms. The first kappa shape index (κ1) is 17.6. The number of amides is 1. The fraction of sp³-hybridized carbons (Fsp3) is 0.588. The number of hydrogen-bond donors (Lipinski definition) is 0. The zero-order chi connectivity index (χ0) is 17.2. The molecule has 23 heavy (non-hydrogen) atoms. The Labute approximate surface area is 135 Å². The Bertz CT molecular complexity index is 571. The minimum absolute atomic E-state index is 0.0917. The molecule has 1 aliphatic heterocycles. The summed E-state index contributed by atoms with van der Waals surface area (Å²) in [6, 6.07) is 5.92. The Morgan fingerprint density at radius 2 is 2.04 bits per heavy atom. The summed E-state index contributed by atoms with van der Waals surface area (Å²) in [5.74, 6) is -1.65. The van der Waals surface area contributed by atoms with E-state index in [0.29, 0.717) is 13.0 Å². The third-order valence-electron chi connectivity index (χ3n) is 4.37. The Hall–Kier alpha value is -1.72. The van der Waals surface area contributed by atoms with Crippen molar-refractivity contribution in [2.45, 2.75) is 32.9 Å². The van der Waals surface area contributed by atoms with Crippen molar-refractivity contribution in [3.8, 4) is 0 Å². The summed E-state index contributed by atoms with van der Waals surface area (Å²) in [5.41, 5.74) is 3.11. The van der Waals surface area contributed by atoms with E-state index in [1.54, 1.807) is 11.9 Å². The highest BCUT2D eigenvalue weighted by Gasteiger charge is 2.42. The minimum Gasteiger partial charge on any atom is -0.365 e. The number of alkyl halides is 3. The lowest BCUT2D eigenvalue weighted by atomic mass is 9.97. The second kappa shape index (κ2) is 6.81. The highest BCUT2D eigenvalue weighted by atomic mass is 19.4. The van der Waals surface area contributed by atoms with Crippen LogP contribution in [0, 0.1) is 19.8 Å². The van der Waals surface area contributed by atoms with Crippen LogP contribution in [0.5, 0.6) is 0 Å². The molecule has 128 valence electrons. The molecule has 2 rings (SSSR count). The topological polar surface area (TPSA) is 23.6 Å². The number of likely N-dealkylation sites (tertiary alicyclic amines) is 1. The molecule has 0 N–H and O–H groups in total. The van der Waals surface area contributed by atoms with E-state index < -0.39 is 12.1 Å². The van der Waals surface area contributed by atoms with Crippen molar-refractivity contribution in [3.05, 3.63) is 29.3 Å². The molecule has 1 atom stereocenters. The summed E-state index contributed by atoms with van der Waals surface area (Å²) in [6.45, 7) is 4.24. The number of likely N-dealkylation sites (N-methyl/N-ethyl adjacent to an activating group) is 1. The smallest absolute Gasteiger partial charge is 0.365 e. The Morgan fingerprint density at radius 3 is 2.65 bits per heavy atom. The summed E-state index contributed by atoms with van der Waals surface area (Å²) in [5, 5.41) is 0. The Kier molecular flexibility index (Phi) is 5.22. The molecule has 1 fully saturated rings. The SMILES string of the molecule is Cc1ccc(N(C)CC(=O)N2CCCC(C(F)(F)F)C2)c(C)c1. The van der Waals surface area contributed by atoms with Gasteiger partial charge in [0.05, 0.1) is 12.5 Å². The van der Waals surface area contributed by atoms with Crippen LogP contribution in [0.25, 0.3) is 0 Å². The molecule has 1 heterocycles. The third-order valence-corrected chi connectivity index (χ3v) is 4.37. The minimum atomic E-state index is -4.22. The van der Waals surface area contributed by atoms with Crippen LogP contribution in [-0.4, -0.2) is 43.7 Å². The molecule has 3 nitrogen and oxygen atoms in total. The lowest BCUT2D eigenvalue weighted by Gasteiger charge is -2.35. The number of nitrogens with zero attached hydrogens (tertiary/aromatic N) is 2. The molecule has 1 amide bonds. The second-order valence-corrected chi connectivity index (χ2v) is 6.37. The van der Waals surface area contributed by atoms with Crippen LogP contribution in [0.2, 0.25) is 0 Å². The Morgan fingerprint density at radius 1 is 1.35 bits per heavy atom. The van der Waals surface area contributed by atoms with Gasteiger partial charge in [-0.05, 0) is 38.3 Å². The maximum absolute atomic E-state index is 12.8. The predicted molar refractivity (Wildman–Crippen MR) is 84.5 cm³/mol. The molecule has 1 aromatic carbocycles. The van der Waals surface area contributed by atoms with Crippen LogP contribution in [0.1, 0.15) is 24.0 Å². The lowest BCUT2D eigenvalue weighted by molar-refractivity contribution is -0.187. The van der Waals surface area contributed by atoms with E-state index in [4.69, 9.17) is 0 Å². The highest BCUT2D eigenvalue weighted by Crippen LogP contribution is 2.33. The number of aryl methyl sites for hydroxylation is 2. The molecule has 0 spiro atoms. The van der Waals surface area contributed by atoms with Crippen LogP contribution >= 0.6 is 0 Å². The van der Waals surface area contributed by atoms with Crippen molar-refractivity contribution in [2.75, 3.05) is 31.6 Å². The van der Waals surface area contributed by atoms with Crippen molar-refractivity contribution in [2.24, 2.45) is 5.92 Å². The molecular weight excluding hydrogens is 305 g/mol. The molecule has 0 aliphatic carbocycles. The quantitative estimate of drug-likeness (QED) is 0.847. The number of piperidine rings is 1. The van der Waals surface area contributed by atoms with Gasteiger partial charge in [-0.1, -0.05) is 17.7 Å². The van der Waals surface area contributed by atoms with Gasteiger partial charge in [-0.3, -0.25) is 4.79 Å². The number of halogens is 3. The molecular formula is C17H23F3N2O. The first-order valence-electron chi connectivity index (χ1n) is 7.81. The van der Waals surface area contributed by atoms with Gasteiger partial charge in [0.1, 0.15) is 0 Å². The second-order valence-electron chi connectivity index (χ2n) is 6.37. The first-order valence-corrected chi connectivity index (χ1v) is 7.81. The molecule has 1 aromatic rings. The third kappa shape index (κ3) is 4.39. The fourth-order valence-electron chi connectivity index (χ4n) is 3.09. The molecule has 0 saturated carbocycles. The van der Waals surface area contributed by atoms with Gasteiger partial charge in [-0.25, -0.2) is 0 Å². The number of benzene rings is 1. The van der Waals surface area contributed by atoms with Crippen LogP contribution in [0.4, 0.5) is 18.9 Å². The van der Waals surface area contributed by atoms with E-state index in [0.717, 1.165) is 16.8 Å². The average Bonchev–Trinajstić information content (AvgIpc) is 2.46. The number of rotatable bonds is 3. The van der Waals surface area contributed by atoms with E-state index >= 15 is 0 Å². The van der Waals surface area contributed by atoms with Gasteiger partial charge in [0, 0.05) is 25.8 Å². The molecule has 1 saturated heterocycles. The highest BCUT2D eigenvalue weighted by molar-refractivity contribution is 5.81. The maximum Gasteiger partial charge on any atom is 0.393 e. The van der Waals surface area contributed by atoms with Crippen LogP contribution in [0.3, 0.4) is 0 Å². The molecule has 0 aromatic heterocycles. The summed E-state index contributed by atoms with van der Waals surface area (Å²) in [7, 11) is 1.79. The monoisotopic (exact) mass is 328 g/mol. The van der Waals surface area contributed by atoms with Gasteiger partial charge in [0.25, 0.3) is 0 Å². The van der Waals surface area contributed by atoms with Crippen molar-refractivity contribution in [3.63, 3.8) is 0 Å². The zero-order valence-corrected chi connectivity index (χ0v) is 13.8. The largest absolute Gasteiger partial charge is 0.393 e. The summed E-state index contributed by atoms with van der Waals surface area (Å²) in [6.07, 6.45) is -3.71. The van der Waals surface area contributed by atoms with Crippen LogP contribution < -0.4 is 4.90 Å². The first-order chi connectivity index (χ1) is 10.7. The van der Waals surface area contributed by atoms with Crippen LogP contribution in [-0.2, 0) is 4.79 Å². The van der Waals surface area contributed by atoms with E-state index in [1.807, 2.05) is 32.0 Å². The summed E-state index contributed by atoms with van der Waals surface area (Å²) >= 11 is 0. The van der Waals surface area contributed by atoms with Gasteiger partial charge in [0.2, 0.25) is 5.91 Å². The maximum atomic E-state index is 12.8. The van der Waals surface area contributed by atoms with Crippen molar-refractivity contribution < 1.29 is 18.0 Å². The average molecular weight is 328 g/mol. The van der Waals surface area contributed by atoms with Crippen LogP contribution in [0.15, 0.2) is 18.2 Å². The van der Waals surface area contributed by atoms with Gasteiger partial charge in [-0.2, -0.15) is 13.2 Å². The fourth-order valence-corrected chi connectivity index (χ4v) is 3.09. The Balaban J connectivity index is 2.00. The molecule has 1 unspecified atom stereocenters. The number of carbonyl (C=O) groups is 1. The van der Waals surface area contributed by atoms with Crippen molar-refractivity contribution >= 4 is 11.6 Å².